The molecule has 0 unspecified atom stereocenters. The average Bonchev–Trinajstić information content (AvgIpc) is 3.26. The molecule has 0 saturated heterocycles. The van der Waals surface area contributed by atoms with Crippen molar-refractivity contribution >= 4 is 28.5 Å². The molecule has 0 spiro atoms. The van der Waals surface area contributed by atoms with Gasteiger partial charge in [-0.15, -0.1) is 0 Å². The first-order chi connectivity index (χ1) is 16.2. The lowest BCUT2D eigenvalue weighted by molar-refractivity contribution is 1.28. The lowest BCUT2D eigenvalue weighted by Gasteiger charge is -2.12. The molecule has 0 saturated carbocycles. The summed E-state index contributed by atoms with van der Waals surface area (Å²) < 4.78 is 0. The Kier molecular flexibility index (Phi) is 6.74. The van der Waals surface area contributed by atoms with Crippen LogP contribution in [0.15, 0.2) is 81.3 Å². The van der Waals surface area contributed by atoms with E-state index in [0.29, 0.717) is 0 Å². The maximum atomic E-state index is 5.18. The molecule has 3 aromatic rings. The van der Waals surface area contributed by atoms with Crippen LogP contribution in [-0.4, -0.2) is 17.1 Å². The molecule has 0 aromatic heterocycles. The Morgan fingerprint density at radius 2 is 1.21 bits per heavy atom. The van der Waals surface area contributed by atoms with Gasteiger partial charge in [0, 0.05) is 12.0 Å². The molecule has 0 fully saturated rings. The number of hydrogen-bond acceptors (Lipinski definition) is 3. The molecule has 1 aliphatic heterocycles. The molecule has 0 N–H and O–H groups in total. The number of nitrogens with zero attached hydrogens (tertiary/aromatic N) is 3. The van der Waals surface area contributed by atoms with Crippen LogP contribution in [0.4, 0.5) is 11.4 Å². The van der Waals surface area contributed by atoms with Crippen LogP contribution in [0.25, 0.3) is 0 Å². The van der Waals surface area contributed by atoms with Gasteiger partial charge in [0.1, 0.15) is 0 Å². The van der Waals surface area contributed by atoms with Crippen LogP contribution in [0.3, 0.4) is 0 Å². The fraction of sp³-hybridized carbons (Fsp3) is 0.258. The molecule has 3 nitrogen and oxygen atoms in total. The smallest absolute Gasteiger partial charge is 0.0927 e. The molecular weight excluding hydrogens is 414 g/mol. The van der Waals surface area contributed by atoms with Crippen LogP contribution in [-0.2, 0) is 0 Å². The Labute approximate surface area is 203 Å². The summed E-state index contributed by atoms with van der Waals surface area (Å²) in [6.07, 6.45) is 2.91. The number of hydrogen-bond donors (Lipinski definition) is 0. The van der Waals surface area contributed by atoms with E-state index < -0.39 is 0 Å². The molecule has 0 bridgehead atoms. The van der Waals surface area contributed by atoms with E-state index in [1.54, 1.807) is 0 Å². The zero-order valence-corrected chi connectivity index (χ0v) is 21.3. The van der Waals surface area contributed by atoms with Crippen molar-refractivity contribution in [3.05, 3.63) is 105 Å². The minimum absolute atomic E-state index is 0.742. The lowest BCUT2D eigenvalue weighted by atomic mass is 10.0. The summed E-state index contributed by atoms with van der Waals surface area (Å²) >= 11 is 0. The molecule has 34 heavy (non-hydrogen) atoms. The summed E-state index contributed by atoms with van der Waals surface area (Å²) in [4.78, 5) is 15.2. The van der Waals surface area contributed by atoms with E-state index in [9.17, 15) is 0 Å². The van der Waals surface area contributed by atoms with Crippen molar-refractivity contribution in [2.45, 2.75) is 54.9 Å². The van der Waals surface area contributed by atoms with Crippen molar-refractivity contribution in [1.29, 1.82) is 0 Å². The summed E-state index contributed by atoms with van der Waals surface area (Å²) in [6.45, 7) is 14.8. The number of rotatable bonds is 5. The van der Waals surface area contributed by atoms with Gasteiger partial charge in [-0.25, -0.2) is 9.98 Å². The summed E-state index contributed by atoms with van der Waals surface area (Å²) in [5, 5.41) is 0. The van der Waals surface area contributed by atoms with Gasteiger partial charge in [0.15, 0.2) is 0 Å². The molecule has 3 aromatic carbocycles. The highest BCUT2D eigenvalue weighted by atomic mass is 14.9. The molecule has 0 radical (unpaired) electrons. The van der Waals surface area contributed by atoms with E-state index >= 15 is 0 Å². The van der Waals surface area contributed by atoms with E-state index in [1.807, 2.05) is 13.0 Å². The number of allylic oxidation sites excluding steroid dienone is 2. The third-order valence-electron chi connectivity index (χ3n) is 6.21. The number of aliphatic imine (C=N–C) groups is 3. The maximum Gasteiger partial charge on any atom is 0.0927 e. The van der Waals surface area contributed by atoms with Gasteiger partial charge in [0.25, 0.3) is 0 Å². The molecule has 4 rings (SSSR count). The second kappa shape index (κ2) is 9.72. The van der Waals surface area contributed by atoms with Crippen LogP contribution in [0.5, 0.6) is 0 Å². The summed E-state index contributed by atoms with van der Waals surface area (Å²) in [5.41, 5.74) is 14.2. The zero-order valence-electron chi connectivity index (χ0n) is 21.3. The molecule has 0 aliphatic carbocycles. The van der Waals surface area contributed by atoms with Crippen LogP contribution in [0.2, 0.25) is 0 Å². The van der Waals surface area contributed by atoms with Crippen molar-refractivity contribution < 1.29 is 0 Å². The van der Waals surface area contributed by atoms with E-state index in [0.717, 1.165) is 46.2 Å². The zero-order chi connectivity index (χ0) is 24.4. The van der Waals surface area contributed by atoms with Gasteiger partial charge in [-0.05, 0) is 70.7 Å². The topological polar surface area (TPSA) is 37.1 Å². The summed E-state index contributed by atoms with van der Waals surface area (Å²) in [7, 11) is 0. The van der Waals surface area contributed by atoms with Crippen LogP contribution in [0.1, 0.15) is 52.3 Å². The molecule has 0 amide bonds. The second-order valence-corrected chi connectivity index (χ2v) is 9.37. The van der Waals surface area contributed by atoms with E-state index in [-0.39, 0.29) is 0 Å². The van der Waals surface area contributed by atoms with E-state index in [2.05, 4.69) is 96.1 Å². The van der Waals surface area contributed by atoms with E-state index in [4.69, 9.17) is 15.0 Å². The molecule has 172 valence electrons. The first kappa shape index (κ1) is 23.6. The maximum absolute atomic E-state index is 5.18. The predicted molar refractivity (Wildman–Crippen MR) is 147 cm³/mol. The number of benzene rings is 3. The quantitative estimate of drug-likeness (QED) is 0.354. The summed E-state index contributed by atoms with van der Waals surface area (Å²) in [6, 6.07) is 19.1. The van der Waals surface area contributed by atoms with Gasteiger partial charge in [0.2, 0.25) is 0 Å². The Bertz CT molecular complexity index is 1320. The van der Waals surface area contributed by atoms with Gasteiger partial charge >= 0.3 is 0 Å². The highest BCUT2D eigenvalue weighted by Crippen LogP contribution is 2.29. The van der Waals surface area contributed by atoms with Crippen molar-refractivity contribution in [3.8, 4) is 0 Å². The minimum Gasteiger partial charge on any atom is -0.251 e. The first-order valence-corrected chi connectivity index (χ1v) is 11.9. The summed E-state index contributed by atoms with van der Waals surface area (Å²) in [5.74, 6) is 0. The van der Waals surface area contributed by atoms with Crippen LogP contribution in [0, 0.1) is 41.5 Å². The predicted octanol–water partition coefficient (Wildman–Crippen LogP) is 8.18. The van der Waals surface area contributed by atoms with E-state index in [1.165, 1.54) is 33.4 Å². The first-order valence-electron chi connectivity index (χ1n) is 11.9. The standard InChI is InChI=1S/C31H33N3/c1-19-15-21(3)29(22(4)16-19)32-25(7)27-13-14-28(33-27)31(26-11-9-8-10-12-26)34-30-23(5)17-20(2)18-24(30)6/h8-13,15-18H,14H2,1-7H3. The van der Waals surface area contributed by atoms with Gasteiger partial charge in [-0.2, -0.15) is 0 Å². The Hall–Kier alpha value is -3.59. The fourth-order valence-corrected chi connectivity index (χ4v) is 4.73. The second-order valence-electron chi connectivity index (χ2n) is 9.37. The fourth-order valence-electron chi connectivity index (χ4n) is 4.73. The van der Waals surface area contributed by atoms with Gasteiger partial charge in [-0.3, -0.25) is 4.99 Å². The highest BCUT2D eigenvalue weighted by molar-refractivity contribution is 6.50. The highest BCUT2D eigenvalue weighted by Gasteiger charge is 2.19. The molecular formula is C31H33N3. The van der Waals surface area contributed by atoms with Crippen molar-refractivity contribution in [3.63, 3.8) is 0 Å². The van der Waals surface area contributed by atoms with Gasteiger partial charge in [0.05, 0.1) is 34.2 Å². The Balaban J connectivity index is 1.76. The minimum atomic E-state index is 0.742. The Morgan fingerprint density at radius 1 is 0.706 bits per heavy atom. The van der Waals surface area contributed by atoms with Crippen molar-refractivity contribution in [1.82, 2.24) is 0 Å². The molecule has 1 heterocycles. The third kappa shape index (κ3) is 4.99. The van der Waals surface area contributed by atoms with Gasteiger partial charge in [-0.1, -0.05) is 71.8 Å². The molecule has 3 heteroatoms. The van der Waals surface area contributed by atoms with Gasteiger partial charge < -0.3 is 0 Å². The normalized spacial score (nSPS) is 14.3. The van der Waals surface area contributed by atoms with Crippen LogP contribution >= 0.6 is 0 Å². The SMILES string of the molecule is CC(=Nc1c(C)cc(C)cc1C)C1=CCC(C(=Nc2c(C)cc(C)cc2C)c2ccccc2)=N1. The number of aryl methyl sites for hydroxylation is 6. The lowest BCUT2D eigenvalue weighted by Crippen LogP contribution is -2.14. The van der Waals surface area contributed by atoms with Crippen LogP contribution < -0.4 is 0 Å². The van der Waals surface area contributed by atoms with Crippen molar-refractivity contribution in [2.75, 3.05) is 0 Å². The molecule has 1 aliphatic rings. The monoisotopic (exact) mass is 447 g/mol. The third-order valence-corrected chi connectivity index (χ3v) is 6.21. The van der Waals surface area contributed by atoms with Crippen molar-refractivity contribution in [2.24, 2.45) is 15.0 Å². The largest absolute Gasteiger partial charge is 0.251 e. The average molecular weight is 448 g/mol. The Morgan fingerprint density at radius 3 is 1.74 bits per heavy atom. The molecule has 0 atom stereocenters.